The number of anilines is 1. The second kappa shape index (κ2) is 10.0. The Hall–Kier alpha value is -4.87. The molecule has 12 nitrogen and oxygen atoms in total. The van der Waals surface area contributed by atoms with E-state index in [2.05, 4.69) is 25.9 Å². The van der Waals surface area contributed by atoms with E-state index in [0.29, 0.717) is 33.2 Å². The van der Waals surface area contributed by atoms with Gasteiger partial charge in [-0.05, 0) is 57.2 Å². The van der Waals surface area contributed by atoms with E-state index < -0.39 is 22.5 Å². The number of aromatic amines is 2. The highest BCUT2D eigenvalue weighted by atomic mass is 16.6. The zero-order chi connectivity index (χ0) is 26.7. The predicted octanol–water partition coefficient (Wildman–Crippen LogP) is 4.06. The first-order valence-electron chi connectivity index (χ1n) is 11.4. The van der Waals surface area contributed by atoms with Gasteiger partial charge in [0.15, 0.2) is 0 Å². The number of rotatable bonds is 7. The molecule has 4 aromatic rings. The number of amides is 3. The van der Waals surface area contributed by atoms with Gasteiger partial charge in [-0.2, -0.15) is 0 Å². The summed E-state index contributed by atoms with van der Waals surface area (Å²) in [4.78, 5) is 53.3. The number of non-ortho nitro benzene ring substituents is 1. The summed E-state index contributed by atoms with van der Waals surface area (Å²) < 4.78 is 5.14. The van der Waals surface area contributed by atoms with Crippen molar-refractivity contribution in [3.8, 4) is 0 Å². The van der Waals surface area contributed by atoms with Gasteiger partial charge in [0.25, 0.3) is 17.5 Å². The molecule has 37 heavy (non-hydrogen) atoms. The van der Waals surface area contributed by atoms with Crippen molar-refractivity contribution in [1.82, 2.24) is 20.6 Å². The lowest BCUT2D eigenvalue weighted by molar-refractivity contribution is -0.384. The number of carbonyl (C=O) groups excluding carboxylic acids is 3. The Bertz CT molecular complexity index is 1510. The van der Waals surface area contributed by atoms with Gasteiger partial charge in [-0.3, -0.25) is 19.7 Å². The van der Waals surface area contributed by atoms with E-state index in [4.69, 9.17) is 4.74 Å². The zero-order valence-electron chi connectivity index (χ0n) is 20.4. The van der Waals surface area contributed by atoms with E-state index in [9.17, 15) is 24.5 Å². The van der Waals surface area contributed by atoms with E-state index in [-0.39, 0.29) is 30.4 Å². The van der Waals surface area contributed by atoms with Crippen LogP contribution in [0.5, 0.6) is 0 Å². The number of nitro benzene ring substituents is 1. The molecule has 0 aliphatic carbocycles. The lowest BCUT2D eigenvalue weighted by Crippen LogP contribution is -2.37. The first-order valence-corrected chi connectivity index (χ1v) is 11.4. The maximum Gasteiger partial charge on any atom is 0.407 e. The SMILES string of the molecule is CC(C)(C)OC(=O)NCCNC(=O)c1cc2cc(NC(=O)c3cc4cc([N+](=O)[O-])ccc4[nH]3)ccc2[nH]1. The minimum atomic E-state index is -0.602. The van der Waals surface area contributed by atoms with Crippen LogP contribution in [0.2, 0.25) is 0 Å². The minimum absolute atomic E-state index is 0.0597. The molecule has 4 rings (SSSR count). The van der Waals surface area contributed by atoms with Gasteiger partial charge in [0.05, 0.1) is 4.92 Å². The Kier molecular flexibility index (Phi) is 6.83. The molecule has 0 atom stereocenters. The summed E-state index contributed by atoms with van der Waals surface area (Å²) in [7, 11) is 0. The Morgan fingerprint density at radius 3 is 2.11 bits per heavy atom. The fourth-order valence-corrected chi connectivity index (χ4v) is 3.64. The van der Waals surface area contributed by atoms with Gasteiger partial charge in [-0.25, -0.2) is 4.79 Å². The van der Waals surface area contributed by atoms with Crippen LogP contribution in [0.4, 0.5) is 16.2 Å². The summed E-state index contributed by atoms with van der Waals surface area (Å²) in [5, 5.41) is 20.3. The van der Waals surface area contributed by atoms with Gasteiger partial charge in [0.1, 0.15) is 17.0 Å². The number of fused-ring (bicyclic) bond motifs is 2. The summed E-state index contributed by atoms with van der Waals surface area (Å²) in [6.07, 6.45) is -0.560. The van der Waals surface area contributed by atoms with E-state index in [1.54, 1.807) is 57.2 Å². The van der Waals surface area contributed by atoms with Crippen LogP contribution in [-0.4, -0.2) is 51.5 Å². The largest absolute Gasteiger partial charge is 0.444 e. The standard InChI is InChI=1S/C25H26N6O6/c1-25(2,3)37-24(34)27-9-8-26-22(32)20-12-14-10-16(4-6-18(14)29-20)28-23(33)21-13-15-11-17(31(35)36)5-7-19(15)30-21/h4-7,10-13,29-30H,8-9H2,1-3H3,(H,26,32)(H,27,34)(H,28,33). The quantitative estimate of drug-likeness (QED) is 0.144. The monoisotopic (exact) mass is 506 g/mol. The number of hydrogen-bond acceptors (Lipinski definition) is 6. The number of carbonyl (C=O) groups is 3. The number of nitrogens with one attached hydrogen (secondary N) is 5. The van der Waals surface area contributed by atoms with Crippen LogP contribution in [0.15, 0.2) is 48.5 Å². The van der Waals surface area contributed by atoms with Crippen molar-refractivity contribution in [3.63, 3.8) is 0 Å². The number of hydrogen-bond donors (Lipinski definition) is 5. The number of benzene rings is 2. The van der Waals surface area contributed by atoms with Crippen LogP contribution in [0.3, 0.4) is 0 Å². The Morgan fingerprint density at radius 1 is 0.865 bits per heavy atom. The molecule has 0 radical (unpaired) electrons. The molecule has 0 saturated heterocycles. The highest BCUT2D eigenvalue weighted by Gasteiger charge is 2.16. The molecule has 2 heterocycles. The summed E-state index contributed by atoms with van der Waals surface area (Å²) in [5.74, 6) is -0.760. The molecule has 0 unspecified atom stereocenters. The van der Waals surface area contributed by atoms with Gasteiger partial charge < -0.3 is 30.7 Å². The molecule has 0 bridgehead atoms. The molecule has 5 N–H and O–H groups in total. The van der Waals surface area contributed by atoms with Crippen molar-refractivity contribution in [2.24, 2.45) is 0 Å². The van der Waals surface area contributed by atoms with Crippen LogP contribution in [0, 0.1) is 10.1 Å². The number of nitro groups is 1. The molecule has 192 valence electrons. The van der Waals surface area contributed by atoms with Crippen LogP contribution in [0.1, 0.15) is 41.7 Å². The van der Waals surface area contributed by atoms with Crippen LogP contribution in [-0.2, 0) is 4.74 Å². The first-order chi connectivity index (χ1) is 17.5. The first kappa shape index (κ1) is 25.2. The molecule has 0 spiro atoms. The van der Waals surface area contributed by atoms with E-state index in [0.717, 1.165) is 0 Å². The maximum atomic E-state index is 12.7. The molecule has 0 aliphatic rings. The third-order valence-electron chi connectivity index (χ3n) is 5.26. The maximum absolute atomic E-state index is 12.7. The van der Waals surface area contributed by atoms with Gasteiger partial charge in [-0.15, -0.1) is 0 Å². The summed E-state index contributed by atoms with van der Waals surface area (Å²) >= 11 is 0. The van der Waals surface area contributed by atoms with Crippen molar-refractivity contribution in [2.75, 3.05) is 18.4 Å². The smallest absolute Gasteiger partial charge is 0.407 e. The molecule has 0 saturated carbocycles. The number of nitrogens with zero attached hydrogens (tertiary/aromatic N) is 1. The highest BCUT2D eigenvalue weighted by molar-refractivity contribution is 6.07. The zero-order valence-corrected chi connectivity index (χ0v) is 20.4. The normalized spacial score (nSPS) is 11.3. The number of H-pyrrole nitrogens is 2. The average molecular weight is 507 g/mol. The third kappa shape index (κ3) is 6.23. The fourth-order valence-electron chi connectivity index (χ4n) is 3.64. The van der Waals surface area contributed by atoms with Crippen LogP contribution < -0.4 is 16.0 Å². The molecule has 0 aliphatic heterocycles. The fraction of sp³-hybridized carbons (Fsp3) is 0.240. The minimum Gasteiger partial charge on any atom is -0.444 e. The molecular weight excluding hydrogens is 480 g/mol. The summed E-state index contributed by atoms with van der Waals surface area (Å²) in [6, 6.07) is 12.7. The summed E-state index contributed by atoms with van der Waals surface area (Å²) in [6.45, 7) is 5.71. The van der Waals surface area contributed by atoms with Gasteiger partial charge in [-0.1, -0.05) is 0 Å². The van der Waals surface area contributed by atoms with Crippen molar-refractivity contribution >= 4 is 51.1 Å². The van der Waals surface area contributed by atoms with Crippen LogP contribution >= 0.6 is 0 Å². The van der Waals surface area contributed by atoms with Gasteiger partial charge in [0.2, 0.25) is 0 Å². The second-order valence-electron chi connectivity index (χ2n) is 9.34. The topological polar surface area (TPSA) is 171 Å². The van der Waals surface area contributed by atoms with E-state index in [1.165, 1.54) is 12.1 Å². The average Bonchev–Trinajstić information content (AvgIpc) is 3.44. The number of alkyl carbamates (subject to hydrolysis) is 1. The van der Waals surface area contributed by atoms with Crippen molar-refractivity contribution in [1.29, 1.82) is 0 Å². The van der Waals surface area contributed by atoms with Crippen molar-refractivity contribution in [2.45, 2.75) is 26.4 Å². The molecule has 2 aromatic heterocycles. The van der Waals surface area contributed by atoms with Crippen LogP contribution in [0.25, 0.3) is 21.8 Å². The number of aromatic nitrogens is 2. The Balaban J connectivity index is 1.36. The second-order valence-corrected chi connectivity index (χ2v) is 9.34. The van der Waals surface area contributed by atoms with Crippen molar-refractivity contribution < 1.29 is 24.0 Å². The van der Waals surface area contributed by atoms with Gasteiger partial charge in [0, 0.05) is 52.7 Å². The lowest BCUT2D eigenvalue weighted by Gasteiger charge is -2.19. The lowest BCUT2D eigenvalue weighted by atomic mass is 10.2. The predicted molar refractivity (Wildman–Crippen MR) is 138 cm³/mol. The molecule has 0 fully saturated rings. The Labute approximate surface area is 210 Å². The summed E-state index contributed by atoms with van der Waals surface area (Å²) in [5.41, 5.74) is 1.74. The van der Waals surface area contributed by atoms with E-state index >= 15 is 0 Å². The molecule has 3 amide bonds. The number of ether oxygens (including phenoxy) is 1. The molecular formula is C25H26N6O6. The molecule has 2 aromatic carbocycles. The third-order valence-corrected chi connectivity index (χ3v) is 5.26. The Morgan fingerprint density at radius 2 is 1.46 bits per heavy atom. The highest BCUT2D eigenvalue weighted by Crippen LogP contribution is 2.24. The van der Waals surface area contributed by atoms with Crippen molar-refractivity contribution in [3.05, 3.63) is 70.0 Å². The molecule has 12 heteroatoms. The van der Waals surface area contributed by atoms with E-state index in [1.807, 2.05) is 0 Å². The van der Waals surface area contributed by atoms with Gasteiger partial charge >= 0.3 is 6.09 Å².